The van der Waals surface area contributed by atoms with Crippen LogP contribution in [0.5, 0.6) is 0 Å². The van der Waals surface area contributed by atoms with Crippen molar-refractivity contribution in [2.75, 3.05) is 6.61 Å². The molecule has 6 heteroatoms. The molecule has 0 aromatic carbocycles. The highest BCUT2D eigenvalue weighted by Gasteiger charge is 2.63. The fourth-order valence-corrected chi connectivity index (χ4v) is 8.95. The Kier molecular flexibility index (Phi) is 7.23. The van der Waals surface area contributed by atoms with E-state index >= 15 is 0 Å². The Morgan fingerprint density at radius 3 is 2.21 bits per heavy atom. The van der Waals surface area contributed by atoms with Gasteiger partial charge in [-0.15, -0.1) is 0 Å². The summed E-state index contributed by atoms with van der Waals surface area (Å²) in [6, 6.07) is 0. The third-order valence-electron chi connectivity index (χ3n) is 11.5. The second-order valence-electron chi connectivity index (χ2n) is 13.3. The van der Waals surface area contributed by atoms with Gasteiger partial charge >= 0.3 is 5.97 Å². The van der Waals surface area contributed by atoms with Crippen LogP contribution in [0.3, 0.4) is 0 Å². The van der Waals surface area contributed by atoms with Gasteiger partial charge in [-0.2, -0.15) is 0 Å². The van der Waals surface area contributed by atoms with Crippen molar-refractivity contribution < 1.29 is 30.0 Å². The summed E-state index contributed by atoms with van der Waals surface area (Å²) in [4.78, 5) is 13.0. The molecule has 1 aliphatic heterocycles. The molecule has 0 spiro atoms. The number of aliphatic hydroxyl groups excluding tert-OH is 4. The lowest BCUT2D eigenvalue weighted by Gasteiger charge is -2.56. The van der Waals surface area contributed by atoms with Crippen molar-refractivity contribution in [1.29, 1.82) is 0 Å². The maximum Gasteiger partial charge on any atom is 0.309 e. The number of aliphatic hydroxyl groups is 4. The summed E-state index contributed by atoms with van der Waals surface area (Å²) in [5.74, 6) is 0.948. The van der Waals surface area contributed by atoms with Gasteiger partial charge in [-0.1, -0.05) is 41.5 Å². The molecule has 0 bridgehead atoms. The number of carbonyl (C=O) groups excluding carboxylic acids is 1. The Morgan fingerprint density at radius 2 is 1.56 bits per heavy atom. The molecule has 4 rings (SSSR count). The van der Waals surface area contributed by atoms with Crippen molar-refractivity contribution in [3.05, 3.63) is 0 Å². The molecule has 4 fully saturated rings. The lowest BCUT2D eigenvalue weighted by atomic mass is 9.48. The first-order chi connectivity index (χ1) is 15.8. The zero-order valence-electron chi connectivity index (χ0n) is 22.0. The zero-order valence-corrected chi connectivity index (χ0v) is 22.0. The predicted molar refractivity (Wildman–Crippen MR) is 130 cm³/mol. The van der Waals surface area contributed by atoms with Crippen molar-refractivity contribution in [3.63, 3.8) is 0 Å². The third-order valence-corrected chi connectivity index (χ3v) is 11.5. The molecular formula is C28H48O6. The van der Waals surface area contributed by atoms with E-state index in [0.29, 0.717) is 30.8 Å². The molecule has 1 heterocycles. The topological polar surface area (TPSA) is 107 Å². The van der Waals surface area contributed by atoms with Crippen LogP contribution in [-0.2, 0) is 9.53 Å². The van der Waals surface area contributed by atoms with Crippen LogP contribution >= 0.6 is 0 Å². The van der Waals surface area contributed by atoms with E-state index in [1.54, 1.807) is 0 Å². The van der Waals surface area contributed by atoms with Crippen LogP contribution in [0.15, 0.2) is 0 Å². The van der Waals surface area contributed by atoms with Gasteiger partial charge in [-0.05, 0) is 90.8 Å². The van der Waals surface area contributed by atoms with Gasteiger partial charge in [0.1, 0.15) is 0 Å². The number of cyclic esters (lactones) is 1. The summed E-state index contributed by atoms with van der Waals surface area (Å²) >= 11 is 0. The molecule has 4 aliphatic rings. The Morgan fingerprint density at radius 1 is 0.912 bits per heavy atom. The molecule has 4 N–H and O–H groups in total. The van der Waals surface area contributed by atoms with E-state index in [4.69, 9.17) is 4.74 Å². The minimum absolute atomic E-state index is 0.00827. The van der Waals surface area contributed by atoms with Gasteiger partial charge in [-0.25, -0.2) is 0 Å². The fraction of sp³-hybridized carbons (Fsp3) is 0.964. The Balaban J connectivity index is 1.58. The van der Waals surface area contributed by atoms with Crippen LogP contribution in [0.2, 0.25) is 0 Å². The fourth-order valence-electron chi connectivity index (χ4n) is 8.95. The lowest BCUT2D eigenvalue weighted by molar-refractivity contribution is -0.162. The van der Waals surface area contributed by atoms with E-state index in [-0.39, 0.29) is 52.8 Å². The van der Waals surface area contributed by atoms with Crippen LogP contribution in [0, 0.1) is 58.2 Å². The standard InChI is InChI=1S/C28H48O6/c1-14(2)15(3)24(31)25(32)16(4)18-7-8-19-17-13-34-26(33)21-11-22(29)23(30)12-28(21,6)20(17)9-10-27(18,19)5/h14-25,29-32H,7-13H2,1-6H3/t15-,16+,17-,18-,19+,20+,21-,22-,23+,24+,25+,27+,28+/m0/s1. The van der Waals surface area contributed by atoms with E-state index < -0.39 is 24.4 Å². The van der Waals surface area contributed by atoms with Gasteiger partial charge in [0, 0.05) is 0 Å². The van der Waals surface area contributed by atoms with Gasteiger partial charge in [0.25, 0.3) is 0 Å². The summed E-state index contributed by atoms with van der Waals surface area (Å²) in [7, 11) is 0. The number of fused-ring (bicyclic) bond motifs is 5. The molecule has 0 aromatic heterocycles. The van der Waals surface area contributed by atoms with Crippen molar-refractivity contribution in [1.82, 2.24) is 0 Å². The molecule has 0 aromatic rings. The minimum atomic E-state index is -0.867. The molecule has 0 amide bonds. The average Bonchev–Trinajstić information content (AvgIpc) is 3.09. The number of hydrogen-bond donors (Lipinski definition) is 4. The Labute approximate surface area is 205 Å². The molecule has 0 radical (unpaired) electrons. The van der Waals surface area contributed by atoms with Crippen molar-refractivity contribution in [3.8, 4) is 0 Å². The van der Waals surface area contributed by atoms with Gasteiger partial charge in [0.05, 0.1) is 36.9 Å². The van der Waals surface area contributed by atoms with Crippen LogP contribution < -0.4 is 0 Å². The number of rotatable bonds is 5. The maximum atomic E-state index is 13.0. The smallest absolute Gasteiger partial charge is 0.309 e. The molecule has 34 heavy (non-hydrogen) atoms. The number of ether oxygens (including phenoxy) is 1. The SMILES string of the molecule is CC(C)[C@H](C)[C@@H](O)[C@H](O)[C@H](C)[C@@H]1CC[C@@H]2[C@@H]3COC(=O)[C@@H]4C[C@H](O)[C@H](O)C[C@]4(C)[C@@H]3CC[C@@]21C. The van der Waals surface area contributed by atoms with Gasteiger partial charge in [0.15, 0.2) is 0 Å². The first-order valence-electron chi connectivity index (χ1n) is 13.7. The lowest BCUT2D eigenvalue weighted by Crippen LogP contribution is -2.55. The van der Waals surface area contributed by atoms with Crippen LogP contribution in [-0.4, -0.2) is 57.4 Å². The second-order valence-corrected chi connectivity index (χ2v) is 13.3. The average molecular weight is 481 g/mol. The summed E-state index contributed by atoms with van der Waals surface area (Å²) in [6.07, 6.45) is 1.61. The summed E-state index contributed by atoms with van der Waals surface area (Å²) < 4.78 is 5.86. The number of esters is 1. The molecule has 196 valence electrons. The molecule has 13 atom stereocenters. The van der Waals surface area contributed by atoms with E-state index in [2.05, 4.69) is 34.6 Å². The van der Waals surface area contributed by atoms with E-state index in [0.717, 1.165) is 25.7 Å². The highest BCUT2D eigenvalue weighted by molar-refractivity contribution is 5.74. The second kappa shape index (κ2) is 9.32. The van der Waals surface area contributed by atoms with Crippen LogP contribution in [0.1, 0.15) is 80.1 Å². The number of hydrogen-bond acceptors (Lipinski definition) is 6. The van der Waals surface area contributed by atoms with Crippen molar-refractivity contribution in [2.24, 2.45) is 58.2 Å². The van der Waals surface area contributed by atoms with Gasteiger partial charge in [-0.3, -0.25) is 4.79 Å². The molecule has 3 aliphatic carbocycles. The van der Waals surface area contributed by atoms with Gasteiger partial charge < -0.3 is 25.2 Å². The van der Waals surface area contributed by atoms with E-state index in [1.807, 2.05) is 6.92 Å². The Bertz CT molecular complexity index is 755. The van der Waals surface area contributed by atoms with E-state index in [1.165, 1.54) is 0 Å². The molecule has 0 unspecified atom stereocenters. The first kappa shape index (κ1) is 26.4. The molecule has 6 nitrogen and oxygen atoms in total. The van der Waals surface area contributed by atoms with Crippen molar-refractivity contribution in [2.45, 2.75) is 104 Å². The summed E-state index contributed by atoms with van der Waals surface area (Å²) in [6.45, 7) is 13.2. The quantitative estimate of drug-likeness (QED) is 0.450. The summed E-state index contributed by atoms with van der Waals surface area (Å²) in [5, 5.41) is 42.9. The largest absolute Gasteiger partial charge is 0.465 e. The molecule has 3 saturated carbocycles. The monoisotopic (exact) mass is 480 g/mol. The zero-order chi connectivity index (χ0) is 25.2. The first-order valence-corrected chi connectivity index (χ1v) is 13.7. The van der Waals surface area contributed by atoms with E-state index in [9.17, 15) is 25.2 Å². The minimum Gasteiger partial charge on any atom is -0.465 e. The normalized spacial score (nSPS) is 48.1. The number of carbonyl (C=O) groups is 1. The maximum absolute atomic E-state index is 13.0. The van der Waals surface area contributed by atoms with Crippen molar-refractivity contribution >= 4 is 5.97 Å². The third kappa shape index (κ3) is 4.05. The predicted octanol–water partition coefficient (Wildman–Crippen LogP) is 3.39. The molecular weight excluding hydrogens is 432 g/mol. The van der Waals surface area contributed by atoms with Crippen LogP contribution in [0.25, 0.3) is 0 Å². The summed E-state index contributed by atoms with van der Waals surface area (Å²) in [5.41, 5.74) is -0.345. The highest BCUT2D eigenvalue weighted by Crippen LogP contribution is 2.66. The highest BCUT2D eigenvalue weighted by atomic mass is 16.5. The Hall–Kier alpha value is -0.690. The van der Waals surface area contributed by atoms with Gasteiger partial charge in [0.2, 0.25) is 0 Å². The molecule has 1 saturated heterocycles. The van der Waals surface area contributed by atoms with Crippen LogP contribution in [0.4, 0.5) is 0 Å².